The van der Waals surface area contributed by atoms with Gasteiger partial charge in [-0.25, -0.2) is 4.79 Å². The molecule has 14 heavy (non-hydrogen) atoms. The van der Waals surface area contributed by atoms with E-state index in [1.54, 1.807) is 0 Å². The van der Waals surface area contributed by atoms with Gasteiger partial charge in [-0.05, 0) is 5.56 Å². The highest BCUT2D eigenvalue weighted by atomic mass is 16.8. The van der Waals surface area contributed by atoms with Gasteiger partial charge in [0.1, 0.15) is 6.61 Å². The SMILES string of the molecule is CC([O])OC(=O)OCc1ccccc1. The van der Waals surface area contributed by atoms with E-state index in [9.17, 15) is 9.90 Å². The molecule has 0 aliphatic rings. The van der Waals surface area contributed by atoms with Gasteiger partial charge in [0.2, 0.25) is 6.29 Å². The Kier molecular flexibility index (Phi) is 3.94. The summed E-state index contributed by atoms with van der Waals surface area (Å²) in [7, 11) is 0. The molecule has 1 aromatic rings. The molecule has 1 atom stereocenters. The van der Waals surface area contributed by atoms with Gasteiger partial charge in [-0.15, -0.1) is 0 Å². The van der Waals surface area contributed by atoms with Gasteiger partial charge in [-0.3, -0.25) is 0 Å². The largest absolute Gasteiger partial charge is 0.511 e. The minimum Gasteiger partial charge on any atom is -0.429 e. The fourth-order valence-electron chi connectivity index (χ4n) is 0.886. The molecule has 0 bridgehead atoms. The van der Waals surface area contributed by atoms with E-state index in [1.807, 2.05) is 30.3 Å². The quantitative estimate of drug-likeness (QED) is 0.548. The van der Waals surface area contributed by atoms with Crippen molar-refractivity contribution in [3.05, 3.63) is 35.9 Å². The lowest BCUT2D eigenvalue weighted by Crippen LogP contribution is -2.13. The molecule has 1 aromatic carbocycles. The van der Waals surface area contributed by atoms with Crippen LogP contribution in [-0.4, -0.2) is 12.4 Å². The van der Waals surface area contributed by atoms with E-state index in [4.69, 9.17) is 0 Å². The molecule has 0 aliphatic carbocycles. The van der Waals surface area contributed by atoms with Crippen LogP contribution < -0.4 is 0 Å². The van der Waals surface area contributed by atoms with E-state index in [0.717, 1.165) is 5.56 Å². The van der Waals surface area contributed by atoms with Crippen LogP contribution in [0.25, 0.3) is 0 Å². The smallest absolute Gasteiger partial charge is 0.429 e. The number of carbonyl (C=O) groups is 1. The molecule has 4 nitrogen and oxygen atoms in total. The molecule has 0 amide bonds. The topological polar surface area (TPSA) is 55.4 Å². The third-order valence-corrected chi connectivity index (χ3v) is 1.46. The molecule has 75 valence electrons. The van der Waals surface area contributed by atoms with Gasteiger partial charge in [-0.1, -0.05) is 30.3 Å². The monoisotopic (exact) mass is 195 g/mol. The number of ether oxygens (including phenoxy) is 2. The van der Waals surface area contributed by atoms with Gasteiger partial charge in [0.05, 0.1) is 0 Å². The number of rotatable bonds is 3. The lowest BCUT2D eigenvalue weighted by molar-refractivity contribution is -0.107. The van der Waals surface area contributed by atoms with Crippen molar-refractivity contribution in [2.45, 2.75) is 19.8 Å². The Labute approximate surface area is 82.1 Å². The van der Waals surface area contributed by atoms with Crippen molar-refractivity contribution in [3.8, 4) is 0 Å². The van der Waals surface area contributed by atoms with Crippen LogP contribution in [0.15, 0.2) is 30.3 Å². The maximum absolute atomic E-state index is 10.8. The van der Waals surface area contributed by atoms with Crippen molar-refractivity contribution in [1.82, 2.24) is 0 Å². The van der Waals surface area contributed by atoms with Crippen molar-refractivity contribution in [1.29, 1.82) is 0 Å². The molecule has 0 spiro atoms. The maximum atomic E-state index is 10.8. The van der Waals surface area contributed by atoms with E-state index >= 15 is 0 Å². The Bertz CT molecular complexity index is 281. The highest BCUT2D eigenvalue weighted by Crippen LogP contribution is 2.02. The summed E-state index contributed by atoms with van der Waals surface area (Å²) in [5, 5.41) is 10.4. The van der Waals surface area contributed by atoms with Crippen molar-refractivity contribution in [2.75, 3.05) is 0 Å². The van der Waals surface area contributed by atoms with Crippen molar-refractivity contribution < 1.29 is 19.4 Å². The average Bonchev–Trinajstić information content (AvgIpc) is 2.15. The second-order valence-electron chi connectivity index (χ2n) is 2.71. The van der Waals surface area contributed by atoms with Crippen LogP contribution in [0.2, 0.25) is 0 Å². The Morgan fingerprint density at radius 2 is 2.00 bits per heavy atom. The van der Waals surface area contributed by atoms with Gasteiger partial charge in [0, 0.05) is 6.92 Å². The van der Waals surface area contributed by atoms with E-state index in [2.05, 4.69) is 9.47 Å². The van der Waals surface area contributed by atoms with E-state index in [0.29, 0.717) is 0 Å². The first-order valence-electron chi connectivity index (χ1n) is 4.21. The predicted octanol–water partition coefficient (Wildman–Crippen LogP) is 2.12. The van der Waals surface area contributed by atoms with Gasteiger partial charge < -0.3 is 9.47 Å². The zero-order valence-corrected chi connectivity index (χ0v) is 7.80. The minimum absolute atomic E-state index is 0.117. The van der Waals surface area contributed by atoms with Crippen molar-refractivity contribution >= 4 is 6.16 Å². The van der Waals surface area contributed by atoms with Gasteiger partial charge in [-0.2, -0.15) is 5.11 Å². The molecule has 0 saturated carbocycles. The summed E-state index contributed by atoms with van der Waals surface area (Å²) < 4.78 is 8.93. The third kappa shape index (κ3) is 3.91. The molecule has 0 fully saturated rings. The Morgan fingerprint density at radius 3 is 2.57 bits per heavy atom. The molecule has 1 radical (unpaired) electrons. The van der Waals surface area contributed by atoms with Crippen LogP contribution >= 0.6 is 0 Å². The summed E-state index contributed by atoms with van der Waals surface area (Å²) in [6.07, 6.45) is -2.32. The first-order valence-corrected chi connectivity index (χ1v) is 4.21. The van der Waals surface area contributed by atoms with Gasteiger partial charge in [0.15, 0.2) is 0 Å². The first-order chi connectivity index (χ1) is 6.68. The zero-order valence-electron chi connectivity index (χ0n) is 7.80. The molecule has 1 unspecified atom stereocenters. The lowest BCUT2D eigenvalue weighted by Gasteiger charge is -2.06. The molecule has 0 aromatic heterocycles. The molecule has 0 saturated heterocycles. The summed E-state index contributed by atoms with van der Waals surface area (Å²) in [4.78, 5) is 10.8. The Hall–Kier alpha value is -1.55. The maximum Gasteiger partial charge on any atom is 0.511 e. The van der Waals surface area contributed by atoms with Crippen LogP contribution in [0, 0.1) is 0 Å². The normalized spacial score (nSPS) is 11.9. The Morgan fingerprint density at radius 1 is 1.36 bits per heavy atom. The molecule has 0 aliphatic heterocycles. The number of benzene rings is 1. The summed E-state index contributed by atoms with van der Waals surface area (Å²) in [6.45, 7) is 1.34. The summed E-state index contributed by atoms with van der Waals surface area (Å²) in [5.41, 5.74) is 0.850. The van der Waals surface area contributed by atoms with Crippen LogP contribution in [0.3, 0.4) is 0 Å². The third-order valence-electron chi connectivity index (χ3n) is 1.46. The molecular formula is C10H11O4. The fourth-order valence-corrected chi connectivity index (χ4v) is 0.886. The molecule has 4 heteroatoms. The van der Waals surface area contributed by atoms with Crippen LogP contribution in [0.4, 0.5) is 4.79 Å². The zero-order chi connectivity index (χ0) is 10.4. The standard InChI is InChI=1S/C10H11O4/c1-8(11)14-10(12)13-7-9-5-3-2-4-6-9/h2-6,8H,7H2,1H3. The average molecular weight is 195 g/mol. The summed E-state index contributed by atoms with van der Waals surface area (Å²) in [5.74, 6) is 0. The number of hydrogen-bond donors (Lipinski definition) is 0. The first kappa shape index (κ1) is 10.5. The molecule has 0 N–H and O–H groups in total. The van der Waals surface area contributed by atoms with Crippen LogP contribution in [-0.2, 0) is 21.2 Å². The van der Waals surface area contributed by atoms with Crippen molar-refractivity contribution in [3.63, 3.8) is 0 Å². The van der Waals surface area contributed by atoms with Gasteiger partial charge >= 0.3 is 6.16 Å². The van der Waals surface area contributed by atoms with Crippen LogP contribution in [0.1, 0.15) is 12.5 Å². The highest BCUT2D eigenvalue weighted by Gasteiger charge is 2.08. The summed E-state index contributed by atoms with van der Waals surface area (Å²) >= 11 is 0. The lowest BCUT2D eigenvalue weighted by atomic mass is 10.2. The predicted molar refractivity (Wildman–Crippen MR) is 47.9 cm³/mol. The van der Waals surface area contributed by atoms with Crippen LogP contribution in [0.5, 0.6) is 0 Å². The second kappa shape index (κ2) is 5.24. The van der Waals surface area contributed by atoms with Gasteiger partial charge in [0.25, 0.3) is 0 Å². The number of hydrogen-bond acceptors (Lipinski definition) is 3. The van der Waals surface area contributed by atoms with E-state index in [-0.39, 0.29) is 6.61 Å². The highest BCUT2D eigenvalue weighted by molar-refractivity contribution is 5.59. The molecule has 0 heterocycles. The minimum atomic E-state index is -1.39. The van der Waals surface area contributed by atoms with E-state index < -0.39 is 12.4 Å². The van der Waals surface area contributed by atoms with Crippen molar-refractivity contribution in [2.24, 2.45) is 0 Å². The molecular weight excluding hydrogens is 184 g/mol. The second-order valence-corrected chi connectivity index (χ2v) is 2.71. The fraction of sp³-hybridized carbons (Fsp3) is 0.300. The number of carbonyl (C=O) groups excluding carboxylic acids is 1. The van der Waals surface area contributed by atoms with E-state index in [1.165, 1.54) is 6.92 Å². The summed E-state index contributed by atoms with van der Waals surface area (Å²) in [6, 6.07) is 9.16. The molecule has 1 rings (SSSR count). The Balaban J connectivity index is 2.31.